The number of carbonyl (C=O) groups excluding carboxylic acids is 1. The van der Waals surface area contributed by atoms with Crippen LogP contribution in [0.25, 0.3) is 0 Å². The van der Waals surface area contributed by atoms with E-state index in [2.05, 4.69) is 21.6 Å². The first-order valence-electron chi connectivity index (χ1n) is 4.41. The monoisotopic (exact) mass is 225 g/mol. The van der Waals surface area contributed by atoms with Crippen LogP contribution in [0, 0.1) is 0 Å². The summed E-state index contributed by atoms with van der Waals surface area (Å²) in [4.78, 5) is 25.4. The summed E-state index contributed by atoms with van der Waals surface area (Å²) in [5, 5.41) is 10.9. The Bertz CT molecular complexity index is 399. The molecule has 16 heavy (non-hydrogen) atoms. The third-order valence-corrected chi connectivity index (χ3v) is 1.57. The average molecular weight is 225 g/mol. The van der Waals surface area contributed by atoms with Crippen LogP contribution in [0.15, 0.2) is 25.0 Å². The second-order valence-corrected chi connectivity index (χ2v) is 2.78. The number of hydrogen-bond donors (Lipinski definition) is 2. The number of imidazole rings is 1. The van der Waals surface area contributed by atoms with E-state index in [1.54, 1.807) is 0 Å². The Balaban J connectivity index is 2.59. The van der Waals surface area contributed by atoms with Crippen LogP contribution >= 0.6 is 0 Å². The zero-order valence-electron chi connectivity index (χ0n) is 8.42. The van der Waals surface area contributed by atoms with Crippen LogP contribution in [0.1, 0.15) is 0 Å². The number of ether oxygens (including phenoxy) is 1. The number of aliphatic carboxylic acids is 1. The summed E-state index contributed by atoms with van der Waals surface area (Å²) in [7, 11) is 0. The van der Waals surface area contributed by atoms with Gasteiger partial charge in [-0.15, -0.1) is 0 Å². The van der Waals surface area contributed by atoms with Gasteiger partial charge in [0.05, 0.1) is 0 Å². The molecule has 0 radical (unpaired) electrons. The zero-order chi connectivity index (χ0) is 12.0. The predicted octanol–water partition coefficient (Wildman–Crippen LogP) is 0.702. The van der Waals surface area contributed by atoms with Gasteiger partial charge in [0.1, 0.15) is 13.2 Å². The van der Waals surface area contributed by atoms with Crippen molar-refractivity contribution in [2.75, 3.05) is 11.9 Å². The third-order valence-electron chi connectivity index (χ3n) is 1.57. The highest BCUT2D eigenvalue weighted by atomic mass is 16.5. The number of carboxylic acid groups (broad SMARTS) is 1. The van der Waals surface area contributed by atoms with E-state index in [1.165, 1.54) is 23.0 Å². The maximum atomic E-state index is 11.1. The molecule has 1 rings (SSSR count). The molecule has 0 aromatic carbocycles. The molecule has 0 aliphatic rings. The van der Waals surface area contributed by atoms with Crippen LogP contribution in [0.4, 0.5) is 10.7 Å². The lowest BCUT2D eigenvalue weighted by Gasteiger charge is -2.06. The van der Waals surface area contributed by atoms with Gasteiger partial charge in [-0.1, -0.05) is 12.7 Å². The van der Waals surface area contributed by atoms with Crippen molar-refractivity contribution in [1.29, 1.82) is 0 Å². The topological polar surface area (TPSA) is 93.5 Å². The van der Waals surface area contributed by atoms with E-state index in [0.717, 1.165) is 0 Å². The number of carbonyl (C=O) groups is 2. The number of rotatable bonds is 5. The molecule has 0 saturated carbocycles. The van der Waals surface area contributed by atoms with Crippen molar-refractivity contribution in [3.63, 3.8) is 0 Å². The summed E-state index contributed by atoms with van der Waals surface area (Å²) in [5.74, 6) is -0.906. The lowest BCUT2D eigenvalue weighted by atomic mass is 10.6. The summed E-state index contributed by atoms with van der Waals surface area (Å²) in [5.41, 5.74) is 0. The molecule has 0 bridgehead atoms. The fraction of sp³-hybridized carbons (Fsp3) is 0.222. The van der Waals surface area contributed by atoms with Crippen LogP contribution in [0.5, 0.6) is 0 Å². The number of carboxylic acids is 1. The Morgan fingerprint density at radius 3 is 3.06 bits per heavy atom. The number of nitrogens with zero attached hydrogens (tertiary/aromatic N) is 2. The van der Waals surface area contributed by atoms with E-state index in [4.69, 9.17) is 5.11 Å². The molecule has 86 valence electrons. The number of hydrogen-bond acceptors (Lipinski definition) is 4. The Kier molecular flexibility index (Phi) is 4.07. The highest BCUT2D eigenvalue weighted by Gasteiger charge is 2.09. The molecule has 0 aliphatic carbocycles. The fourth-order valence-electron chi connectivity index (χ4n) is 0.969. The molecule has 1 heterocycles. The second kappa shape index (κ2) is 5.54. The number of aromatic nitrogens is 2. The van der Waals surface area contributed by atoms with Crippen molar-refractivity contribution in [2.24, 2.45) is 0 Å². The van der Waals surface area contributed by atoms with Crippen molar-refractivity contribution in [3.05, 3.63) is 25.0 Å². The van der Waals surface area contributed by atoms with Gasteiger partial charge < -0.3 is 14.4 Å². The van der Waals surface area contributed by atoms with Gasteiger partial charge in [0.15, 0.2) is 0 Å². The molecular weight excluding hydrogens is 214 g/mol. The Hall–Kier alpha value is -2.31. The van der Waals surface area contributed by atoms with Gasteiger partial charge in [0.2, 0.25) is 5.95 Å². The van der Waals surface area contributed by atoms with Crippen molar-refractivity contribution in [1.82, 2.24) is 9.55 Å². The molecule has 0 aliphatic heterocycles. The summed E-state index contributed by atoms with van der Waals surface area (Å²) in [6, 6.07) is 0. The SMILES string of the molecule is C=CCOC(=O)Nc1nccn1CC(=O)O. The maximum absolute atomic E-state index is 11.1. The van der Waals surface area contributed by atoms with Gasteiger partial charge in [-0.25, -0.2) is 9.78 Å². The van der Waals surface area contributed by atoms with E-state index in [-0.39, 0.29) is 19.1 Å². The Morgan fingerprint density at radius 2 is 2.44 bits per heavy atom. The molecule has 0 atom stereocenters. The number of anilines is 1. The van der Waals surface area contributed by atoms with E-state index in [1.807, 2.05) is 0 Å². The summed E-state index contributed by atoms with van der Waals surface area (Å²) in [6.45, 7) is 3.18. The highest BCUT2D eigenvalue weighted by molar-refractivity contribution is 5.82. The molecule has 1 aromatic rings. The average Bonchev–Trinajstić information content (AvgIpc) is 2.62. The molecule has 7 heteroatoms. The molecule has 0 fully saturated rings. The van der Waals surface area contributed by atoms with E-state index >= 15 is 0 Å². The predicted molar refractivity (Wildman–Crippen MR) is 55.0 cm³/mol. The van der Waals surface area contributed by atoms with Crippen LogP contribution in [-0.2, 0) is 16.1 Å². The fourth-order valence-corrected chi connectivity index (χ4v) is 0.969. The largest absolute Gasteiger partial charge is 0.480 e. The minimum absolute atomic E-state index is 0.0749. The van der Waals surface area contributed by atoms with Crippen LogP contribution in [0.2, 0.25) is 0 Å². The van der Waals surface area contributed by atoms with Crippen molar-refractivity contribution >= 4 is 18.0 Å². The van der Waals surface area contributed by atoms with Crippen molar-refractivity contribution in [3.8, 4) is 0 Å². The molecule has 7 nitrogen and oxygen atoms in total. The first-order chi connectivity index (χ1) is 7.63. The summed E-state index contributed by atoms with van der Waals surface area (Å²) >= 11 is 0. The quantitative estimate of drug-likeness (QED) is 0.719. The Labute approximate surface area is 91.4 Å². The normalized spacial score (nSPS) is 9.50. The molecule has 0 spiro atoms. The third kappa shape index (κ3) is 3.45. The highest BCUT2D eigenvalue weighted by Crippen LogP contribution is 2.04. The molecule has 0 saturated heterocycles. The molecular formula is C9H11N3O4. The van der Waals surface area contributed by atoms with Gasteiger partial charge in [0, 0.05) is 12.4 Å². The van der Waals surface area contributed by atoms with Gasteiger partial charge in [-0.3, -0.25) is 10.1 Å². The Morgan fingerprint density at radius 1 is 1.69 bits per heavy atom. The van der Waals surface area contributed by atoms with Gasteiger partial charge in [-0.05, 0) is 0 Å². The standard InChI is InChI=1S/C9H11N3O4/c1-2-5-16-9(15)11-8-10-3-4-12(8)6-7(13)14/h2-4H,1,5-6H2,(H,13,14)(H,10,11,15). The minimum atomic E-state index is -1.03. The van der Waals surface area contributed by atoms with Crippen LogP contribution in [-0.4, -0.2) is 33.3 Å². The number of nitrogens with one attached hydrogen (secondary N) is 1. The molecule has 1 aromatic heterocycles. The van der Waals surface area contributed by atoms with E-state index in [9.17, 15) is 9.59 Å². The smallest absolute Gasteiger partial charge is 0.414 e. The molecule has 0 unspecified atom stereocenters. The van der Waals surface area contributed by atoms with Gasteiger partial charge >= 0.3 is 12.1 Å². The minimum Gasteiger partial charge on any atom is -0.480 e. The molecule has 1 amide bonds. The first-order valence-corrected chi connectivity index (χ1v) is 4.41. The summed E-state index contributed by atoms with van der Waals surface area (Å²) < 4.78 is 5.93. The van der Waals surface area contributed by atoms with Gasteiger partial charge in [0.25, 0.3) is 0 Å². The maximum Gasteiger partial charge on any atom is 0.414 e. The van der Waals surface area contributed by atoms with E-state index < -0.39 is 12.1 Å². The number of amides is 1. The lowest BCUT2D eigenvalue weighted by molar-refractivity contribution is -0.137. The van der Waals surface area contributed by atoms with Crippen LogP contribution < -0.4 is 5.32 Å². The van der Waals surface area contributed by atoms with Crippen molar-refractivity contribution in [2.45, 2.75) is 6.54 Å². The molecule has 2 N–H and O–H groups in total. The zero-order valence-corrected chi connectivity index (χ0v) is 8.42. The van der Waals surface area contributed by atoms with Crippen LogP contribution in [0.3, 0.4) is 0 Å². The second-order valence-electron chi connectivity index (χ2n) is 2.78. The van der Waals surface area contributed by atoms with Crippen molar-refractivity contribution < 1.29 is 19.4 Å². The first kappa shape index (κ1) is 11.8. The van der Waals surface area contributed by atoms with E-state index in [0.29, 0.717) is 0 Å². The summed E-state index contributed by atoms with van der Waals surface area (Å²) in [6.07, 6.45) is 3.53. The van der Waals surface area contributed by atoms with Gasteiger partial charge in [-0.2, -0.15) is 0 Å². The lowest BCUT2D eigenvalue weighted by Crippen LogP contribution is -2.18.